The highest BCUT2D eigenvalue weighted by molar-refractivity contribution is 9.10. The lowest BCUT2D eigenvalue weighted by Gasteiger charge is -2.35. The number of fused-ring (bicyclic) bond motifs is 1. The predicted octanol–water partition coefficient (Wildman–Crippen LogP) is 4.35. The number of rotatable bonds is 2. The molecular weight excluding hydrogens is 312 g/mol. The van der Waals surface area contributed by atoms with Gasteiger partial charge in [0.2, 0.25) is 0 Å². The van der Waals surface area contributed by atoms with Gasteiger partial charge in [0.25, 0.3) is 0 Å². The van der Waals surface area contributed by atoms with E-state index in [2.05, 4.69) is 58.3 Å². The first-order valence-electron chi connectivity index (χ1n) is 7.42. The zero-order valence-electron chi connectivity index (χ0n) is 12.1. The van der Waals surface area contributed by atoms with Crippen molar-refractivity contribution < 1.29 is 0 Å². The first-order chi connectivity index (χ1) is 9.68. The van der Waals surface area contributed by atoms with Crippen LogP contribution in [-0.4, -0.2) is 18.1 Å². The number of hydrogen-bond acceptors (Lipinski definition) is 2. The molecule has 2 unspecified atom stereocenters. The highest BCUT2D eigenvalue weighted by Gasteiger charge is 2.30. The Morgan fingerprint density at radius 2 is 2.15 bits per heavy atom. The third kappa shape index (κ3) is 2.49. The zero-order chi connectivity index (χ0) is 14.1. The fraction of sp³-hybridized carbons (Fsp3) is 0.471. The van der Waals surface area contributed by atoms with Gasteiger partial charge in [-0.05, 0) is 55.0 Å². The summed E-state index contributed by atoms with van der Waals surface area (Å²) in [6.45, 7) is 6.89. The lowest BCUT2D eigenvalue weighted by atomic mass is 9.75. The fourth-order valence-electron chi connectivity index (χ4n) is 3.43. The Balaban J connectivity index is 2.11. The average Bonchev–Trinajstić information content (AvgIpc) is 2.48. The minimum absolute atomic E-state index is 0.613. The third-order valence-corrected chi connectivity index (χ3v) is 5.22. The van der Waals surface area contributed by atoms with Crippen molar-refractivity contribution in [2.75, 3.05) is 13.1 Å². The third-order valence-electron chi connectivity index (χ3n) is 4.53. The summed E-state index contributed by atoms with van der Waals surface area (Å²) in [5.41, 5.74) is 2.59. The molecule has 1 aliphatic heterocycles. The molecule has 106 valence electrons. The molecule has 1 aromatic heterocycles. The van der Waals surface area contributed by atoms with Gasteiger partial charge in [0.05, 0.1) is 5.52 Å². The van der Waals surface area contributed by atoms with Gasteiger partial charge >= 0.3 is 0 Å². The van der Waals surface area contributed by atoms with Gasteiger partial charge in [-0.2, -0.15) is 0 Å². The van der Waals surface area contributed by atoms with Crippen molar-refractivity contribution >= 4 is 26.8 Å². The number of nitrogens with one attached hydrogen (secondary N) is 1. The van der Waals surface area contributed by atoms with Crippen LogP contribution in [0.1, 0.15) is 31.7 Å². The van der Waals surface area contributed by atoms with Crippen LogP contribution in [0.3, 0.4) is 0 Å². The van der Waals surface area contributed by atoms with Crippen molar-refractivity contribution in [3.05, 3.63) is 40.5 Å². The number of pyridine rings is 1. The summed E-state index contributed by atoms with van der Waals surface area (Å²) >= 11 is 3.65. The summed E-state index contributed by atoms with van der Waals surface area (Å²) in [5, 5.41) is 4.77. The molecule has 0 amide bonds. The second kappa shape index (κ2) is 5.82. The van der Waals surface area contributed by atoms with Gasteiger partial charge < -0.3 is 5.32 Å². The van der Waals surface area contributed by atoms with E-state index < -0.39 is 0 Å². The van der Waals surface area contributed by atoms with Crippen molar-refractivity contribution in [3.63, 3.8) is 0 Å². The molecule has 3 rings (SSSR count). The number of nitrogens with zero attached hydrogens (tertiary/aromatic N) is 1. The minimum Gasteiger partial charge on any atom is -0.316 e. The summed E-state index contributed by atoms with van der Waals surface area (Å²) in [4.78, 5) is 4.66. The predicted molar refractivity (Wildman–Crippen MR) is 88.0 cm³/mol. The standard InChI is InChI=1S/C17H21BrN2/c1-11(2)15-10-19-9-7-12(15)13-5-6-16(18)14-4-3-8-20-17(13)14/h3-6,8,11-12,15,19H,7,9-10H2,1-2H3. The van der Waals surface area contributed by atoms with Crippen molar-refractivity contribution in [1.29, 1.82) is 0 Å². The first-order valence-corrected chi connectivity index (χ1v) is 8.21. The number of halogens is 1. The van der Waals surface area contributed by atoms with E-state index in [4.69, 9.17) is 0 Å². The van der Waals surface area contributed by atoms with Gasteiger partial charge in [-0.3, -0.25) is 4.98 Å². The lowest BCUT2D eigenvalue weighted by Crippen LogP contribution is -2.38. The smallest absolute Gasteiger partial charge is 0.0748 e. The largest absolute Gasteiger partial charge is 0.316 e. The molecule has 1 aliphatic rings. The topological polar surface area (TPSA) is 24.9 Å². The van der Waals surface area contributed by atoms with Gasteiger partial charge in [0.1, 0.15) is 0 Å². The van der Waals surface area contributed by atoms with Gasteiger partial charge in [0.15, 0.2) is 0 Å². The van der Waals surface area contributed by atoms with Gasteiger partial charge in [-0.25, -0.2) is 0 Å². The van der Waals surface area contributed by atoms with E-state index in [9.17, 15) is 0 Å². The average molecular weight is 333 g/mol. The van der Waals surface area contributed by atoms with Gasteiger partial charge in [0, 0.05) is 16.1 Å². The molecule has 0 spiro atoms. The molecule has 0 radical (unpaired) electrons. The van der Waals surface area contributed by atoms with Crippen LogP contribution >= 0.6 is 15.9 Å². The molecule has 0 bridgehead atoms. The maximum atomic E-state index is 4.66. The fourth-order valence-corrected chi connectivity index (χ4v) is 3.88. The van der Waals surface area contributed by atoms with Crippen LogP contribution in [-0.2, 0) is 0 Å². The monoisotopic (exact) mass is 332 g/mol. The molecule has 20 heavy (non-hydrogen) atoms. The van der Waals surface area contributed by atoms with Crippen LogP contribution in [0.2, 0.25) is 0 Å². The molecule has 0 saturated carbocycles. The van der Waals surface area contributed by atoms with E-state index >= 15 is 0 Å². The van der Waals surface area contributed by atoms with Crippen molar-refractivity contribution in [3.8, 4) is 0 Å². The normalized spacial score (nSPS) is 23.4. The van der Waals surface area contributed by atoms with Crippen molar-refractivity contribution in [2.45, 2.75) is 26.2 Å². The van der Waals surface area contributed by atoms with Crippen molar-refractivity contribution in [1.82, 2.24) is 10.3 Å². The van der Waals surface area contributed by atoms with Crippen LogP contribution in [0, 0.1) is 11.8 Å². The molecule has 3 heteroatoms. The molecule has 1 aromatic carbocycles. The molecule has 1 saturated heterocycles. The molecular formula is C17H21BrN2. The molecule has 2 heterocycles. The molecule has 2 aromatic rings. The van der Waals surface area contributed by atoms with Crippen LogP contribution in [0.5, 0.6) is 0 Å². The summed E-state index contributed by atoms with van der Waals surface area (Å²) in [6.07, 6.45) is 3.11. The number of piperidine rings is 1. The highest BCUT2D eigenvalue weighted by Crippen LogP contribution is 2.39. The van der Waals surface area contributed by atoms with E-state index in [1.54, 1.807) is 0 Å². The van der Waals surface area contributed by atoms with E-state index in [1.165, 1.54) is 22.9 Å². The SMILES string of the molecule is CC(C)C1CNCCC1c1ccc(Br)c2cccnc12. The molecule has 2 atom stereocenters. The number of hydrogen-bond donors (Lipinski definition) is 1. The van der Waals surface area contributed by atoms with Crippen LogP contribution in [0.4, 0.5) is 0 Å². The Morgan fingerprint density at radius 1 is 1.30 bits per heavy atom. The second-order valence-electron chi connectivity index (χ2n) is 6.04. The first kappa shape index (κ1) is 14.0. The Labute approximate surface area is 129 Å². The summed E-state index contributed by atoms with van der Waals surface area (Å²) in [6, 6.07) is 8.62. The highest BCUT2D eigenvalue weighted by atomic mass is 79.9. The van der Waals surface area contributed by atoms with Gasteiger partial charge in [-0.15, -0.1) is 0 Å². The lowest BCUT2D eigenvalue weighted by molar-refractivity contribution is 0.256. The molecule has 2 nitrogen and oxygen atoms in total. The Hall–Kier alpha value is -0.930. The quantitative estimate of drug-likeness (QED) is 0.884. The maximum Gasteiger partial charge on any atom is 0.0748 e. The maximum absolute atomic E-state index is 4.66. The summed E-state index contributed by atoms with van der Waals surface area (Å²) in [5.74, 6) is 1.99. The molecule has 1 N–H and O–H groups in total. The minimum atomic E-state index is 0.613. The van der Waals surface area contributed by atoms with Crippen molar-refractivity contribution in [2.24, 2.45) is 11.8 Å². The zero-order valence-corrected chi connectivity index (χ0v) is 13.7. The Kier molecular flexibility index (Phi) is 4.08. The Bertz CT molecular complexity index is 609. The second-order valence-corrected chi connectivity index (χ2v) is 6.90. The number of benzene rings is 1. The summed E-state index contributed by atoms with van der Waals surface area (Å²) in [7, 11) is 0. The Morgan fingerprint density at radius 3 is 2.95 bits per heavy atom. The van der Waals surface area contributed by atoms with Crippen LogP contribution in [0.15, 0.2) is 34.9 Å². The number of aromatic nitrogens is 1. The van der Waals surface area contributed by atoms with Crippen LogP contribution in [0.25, 0.3) is 10.9 Å². The van der Waals surface area contributed by atoms with E-state index in [0.29, 0.717) is 17.8 Å². The van der Waals surface area contributed by atoms with E-state index in [0.717, 1.165) is 17.6 Å². The van der Waals surface area contributed by atoms with Gasteiger partial charge in [-0.1, -0.05) is 41.9 Å². The molecule has 1 fully saturated rings. The van der Waals surface area contributed by atoms with E-state index in [1.807, 2.05) is 12.3 Å². The van der Waals surface area contributed by atoms with Crippen LogP contribution < -0.4 is 5.32 Å². The summed E-state index contributed by atoms with van der Waals surface area (Å²) < 4.78 is 1.14. The molecule has 0 aliphatic carbocycles. The van der Waals surface area contributed by atoms with E-state index in [-0.39, 0.29) is 0 Å².